The van der Waals surface area contributed by atoms with Crippen LogP contribution >= 0.6 is 11.3 Å². The lowest BCUT2D eigenvalue weighted by Crippen LogP contribution is -2.48. The SMILES string of the molecule is CC(C)(C)c1ccc(S(=O)(=O)N2CCN(c3nc4cccnc4s3)CC2)cc1. The first-order valence-electron chi connectivity index (χ1n) is 9.32. The van der Waals surface area contributed by atoms with Crippen molar-refractivity contribution in [3.63, 3.8) is 0 Å². The van der Waals surface area contributed by atoms with E-state index in [-0.39, 0.29) is 5.41 Å². The first-order chi connectivity index (χ1) is 13.2. The summed E-state index contributed by atoms with van der Waals surface area (Å²) in [6, 6.07) is 11.1. The number of anilines is 1. The summed E-state index contributed by atoms with van der Waals surface area (Å²) >= 11 is 1.55. The topological polar surface area (TPSA) is 66.4 Å². The molecule has 0 saturated carbocycles. The van der Waals surface area contributed by atoms with Crippen LogP contribution in [0.1, 0.15) is 26.3 Å². The molecule has 28 heavy (non-hydrogen) atoms. The number of sulfonamides is 1. The van der Waals surface area contributed by atoms with E-state index >= 15 is 0 Å². The molecule has 0 atom stereocenters. The van der Waals surface area contributed by atoms with Crippen molar-refractivity contribution in [1.29, 1.82) is 0 Å². The third kappa shape index (κ3) is 3.64. The maximum Gasteiger partial charge on any atom is 0.243 e. The van der Waals surface area contributed by atoms with E-state index in [1.165, 1.54) is 0 Å². The third-order valence-electron chi connectivity index (χ3n) is 5.02. The van der Waals surface area contributed by atoms with Crippen LogP contribution in [0.4, 0.5) is 5.13 Å². The molecule has 0 bridgehead atoms. The van der Waals surface area contributed by atoms with Gasteiger partial charge in [0.15, 0.2) is 5.13 Å². The van der Waals surface area contributed by atoms with E-state index in [2.05, 4.69) is 35.6 Å². The van der Waals surface area contributed by atoms with Crippen molar-refractivity contribution in [2.24, 2.45) is 0 Å². The zero-order chi connectivity index (χ0) is 19.9. The van der Waals surface area contributed by atoms with Crippen LogP contribution in [-0.2, 0) is 15.4 Å². The Bertz CT molecular complexity index is 1040. The van der Waals surface area contributed by atoms with Crippen molar-refractivity contribution in [3.8, 4) is 0 Å². The number of hydrogen-bond donors (Lipinski definition) is 0. The van der Waals surface area contributed by atoms with Gasteiger partial charge in [-0.25, -0.2) is 18.4 Å². The number of pyridine rings is 1. The van der Waals surface area contributed by atoms with Gasteiger partial charge in [-0.15, -0.1) is 0 Å². The fraction of sp³-hybridized carbons (Fsp3) is 0.400. The Balaban J connectivity index is 1.47. The minimum absolute atomic E-state index is 0.0000240. The summed E-state index contributed by atoms with van der Waals surface area (Å²) in [6.07, 6.45) is 1.76. The van der Waals surface area contributed by atoms with Crippen LogP contribution in [-0.4, -0.2) is 48.9 Å². The maximum absolute atomic E-state index is 13.0. The molecule has 0 unspecified atom stereocenters. The first kappa shape index (κ1) is 19.3. The van der Waals surface area contributed by atoms with Crippen molar-refractivity contribution in [1.82, 2.24) is 14.3 Å². The highest BCUT2D eigenvalue weighted by Gasteiger charge is 2.29. The van der Waals surface area contributed by atoms with E-state index in [0.29, 0.717) is 31.1 Å². The lowest BCUT2D eigenvalue weighted by molar-refractivity contribution is 0.385. The predicted molar refractivity (Wildman–Crippen MR) is 114 cm³/mol. The minimum atomic E-state index is -3.48. The third-order valence-corrected chi connectivity index (χ3v) is 7.98. The number of piperazine rings is 1. The van der Waals surface area contributed by atoms with Gasteiger partial charge in [0.2, 0.25) is 10.0 Å². The Morgan fingerprint density at radius 3 is 2.29 bits per heavy atom. The fourth-order valence-electron chi connectivity index (χ4n) is 3.29. The number of aromatic nitrogens is 2. The van der Waals surface area contributed by atoms with E-state index in [1.54, 1.807) is 34.0 Å². The molecular formula is C20H24N4O2S2. The highest BCUT2D eigenvalue weighted by Crippen LogP contribution is 2.29. The molecule has 3 heterocycles. The molecule has 1 saturated heterocycles. The summed E-state index contributed by atoms with van der Waals surface area (Å²) in [5, 5.41) is 0.903. The maximum atomic E-state index is 13.0. The van der Waals surface area contributed by atoms with E-state index in [1.807, 2.05) is 24.3 Å². The molecule has 2 aromatic heterocycles. The summed E-state index contributed by atoms with van der Waals surface area (Å²) in [6.45, 7) is 8.51. The molecule has 0 N–H and O–H groups in total. The highest BCUT2D eigenvalue weighted by molar-refractivity contribution is 7.89. The molecule has 0 aliphatic carbocycles. The van der Waals surface area contributed by atoms with Gasteiger partial charge in [0.05, 0.1) is 4.90 Å². The molecule has 8 heteroatoms. The molecule has 6 nitrogen and oxygen atoms in total. The second-order valence-corrected chi connectivity index (χ2v) is 10.9. The van der Waals surface area contributed by atoms with Gasteiger partial charge in [-0.3, -0.25) is 0 Å². The second kappa shape index (κ2) is 7.09. The summed E-state index contributed by atoms with van der Waals surface area (Å²) in [7, 11) is -3.48. The van der Waals surface area contributed by atoms with Crippen molar-refractivity contribution in [2.45, 2.75) is 31.1 Å². The van der Waals surface area contributed by atoms with Crippen molar-refractivity contribution in [2.75, 3.05) is 31.1 Å². The normalized spacial score (nSPS) is 16.6. The molecule has 1 aliphatic heterocycles. The van der Waals surface area contributed by atoms with Gasteiger partial charge in [0.1, 0.15) is 10.3 Å². The monoisotopic (exact) mass is 416 g/mol. The molecule has 4 rings (SSSR count). The number of thiazole rings is 1. The average molecular weight is 417 g/mol. The largest absolute Gasteiger partial charge is 0.345 e. The van der Waals surface area contributed by atoms with E-state index < -0.39 is 10.0 Å². The van der Waals surface area contributed by atoms with Gasteiger partial charge in [0.25, 0.3) is 0 Å². The Labute approximate surface area is 169 Å². The number of benzene rings is 1. The molecular weight excluding hydrogens is 392 g/mol. The van der Waals surface area contributed by atoms with Crippen LogP contribution in [0.5, 0.6) is 0 Å². The number of nitrogens with zero attached hydrogens (tertiary/aromatic N) is 4. The van der Waals surface area contributed by atoms with Gasteiger partial charge >= 0.3 is 0 Å². The van der Waals surface area contributed by atoms with Gasteiger partial charge in [-0.1, -0.05) is 44.2 Å². The molecule has 0 amide bonds. The molecule has 1 fully saturated rings. The Morgan fingerprint density at radius 2 is 1.68 bits per heavy atom. The summed E-state index contributed by atoms with van der Waals surface area (Å²) in [4.78, 5) is 12.4. The second-order valence-electron chi connectivity index (χ2n) is 7.99. The van der Waals surface area contributed by atoms with Crippen molar-refractivity contribution in [3.05, 3.63) is 48.2 Å². The average Bonchev–Trinajstić information content (AvgIpc) is 3.12. The van der Waals surface area contributed by atoms with Crippen molar-refractivity contribution < 1.29 is 8.42 Å². The van der Waals surface area contributed by atoms with Gasteiger partial charge < -0.3 is 4.90 Å². The van der Waals surface area contributed by atoms with Crippen LogP contribution < -0.4 is 4.90 Å². The van der Waals surface area contributed by atoms with Crippen molar-refractivity contribution >= 4 is 36.8 Å². The van der Waals surface area contributed by atoms with Crippen LogP contribution in [0, 0.1) is 0 Å². The molecule has 0 spiro atoms. The number of rotatable bonds is 3. The van der Waals surface area contributed by atoms with E-state index in [0.717, 1.165) is 21.0 Å². The van der Waals surface area contributed by atoms with Gasteiger partial charge in [-0.2, -0.15) is 4.31 Å². The van der Waals surface area contributed by atoms with Crippen LogP contribution in [0.25, 0.3) is 10.3 Å². The van der Waals surface area contributed by atoms with E-state index in [4.69, 9.17) is 0 Å². The highest BCUT2D eigenvalue weighted by atomic mass is 32.2. The number of hydrogen-bond acceptors (Lipinski definition) is 6. The molecule has 1 aliphatic rings. The molecule has 0 radical (unpaired) electrons. The first-order valence-corrected chi connectivity index (χ1v) is 11.6. The van der Waals surface area contributed by atoms with E-state index in [9.17, 15) is 8.42 Å². The Hall–Kier alpha value is -2.03. The minimum Gasteiger partial charge on any atom is -0.345 e. The lowest BCUT2D eigenvalue weighted by Gasteiger charge is -2.33. The summed E-state index contributed by atoms with van der Waals surface area (Å²) < 4.78 is 27.6. The smallest absolute Gasteiger partial charge is 0.243 e. The molecule has 148 valence electrons. The number of fused-ring (bicyclic) bond motifs is 1. The van der Waals surface area contributed by atoms with Gasteiger partial charge in [0, 0.05) is 32.4 Å². The Kier molecular flexibility index (Phi) is 4.89. The Morgan fingerprint density at radius 1 is 1.00 bits per heavy atom. The van der Waals surface area contributed by atoms with Crippen LogP contribution in [0.2, 0.25) is 0 Å². The molecule has 3 aromatic rings. The quantitative estimate of drug-likeness (QED) is 0.654. The summed E-state index contributed by atoms with van der Waals surface area (Å²) in [5.41, 5.74) is 2.01. The zero-order valence-corrected chi connectivity index (χ0v) is 17.9. The lowest BCUT2D eigenvalue weighted by atomic mass is 9.87. The van der Waals surface area contributed by atoms with Gasteiger partial charge in [-0.05, 0) is 35.2 Å². The zero-order valence-electron chi connectivity index (χ0n) is 16.3. The fourth-order valence-corrected chi connectivity index (χ4v) is 5.67. The van der Waals surface area contributed by atoms with Crippen LogP contribution in [0.3, 0.4) is 0 Å². The predicted octanol–water partition coefficient (Wildman–Crippen LogP) is 3.50. The molecule has 1 aromatic carbocycles. The standard InChI is InChI=1S/C20H24N4O2S2/c1-20(2,3)15-6-8-16(9-7-15)28(25,26)24-13-11-23(12-14-24)19-22-17-5-4-10-21-18(17)27-19/h4-10H,11-14H2,1-3H3. The summed E-state index contributed by atoms with van der Waals surface area (Å²) in [5.74, 6) is 0. The van der Waals surface area contributed by atoms with Crippen LogP contribution in [0.15, 0.2) is 47.5 Å².